The fourth-order valence-corrected chi connectivity index (χ4v) is 2.95. The van der Waals surface area contributed by atoms with Crippen LogP contribution in [0.2, 0.25) is 0 Å². The highest BCUT2D eigenvalue weighted by molar-refractivity contribution is 7.98. The fraction of sp³-hybridized carbons (Fsp3) is 0.333. The molecule has 0 aliphatic carbocycles. The molecule has 1 N–H and O–H groups in total. The lowest BCUT2D eigenvalue weighted by Gasteiger charge is -1.97. The molecule has 17 heavy (non-hydrogen) atoms. The van der Waals surface area contributed by atoms with Gasteiger partial charge in [-0.05, 0) is 18.6 Å². The predicted octanol–water partition coefficient (Wildman–Crippen LogP) is 3.65. The average Bonchev–Trinajstić information content (AvgIpc) is 2.83. The van der Waals surface area contributed by atoms with E-state index in [0.29, 0.717) is 0 Å². The first-order valence-electron chi connectivity index (χ1n) is 5.62. The van der Waals surface area contributed by atoms with Crippen LogP contribution in [-0.2, 0) is 5.75 Å². The summed E-state index contributed by atoms with van der Waals surface area (Å²) in [4.78, 5) is 1.27. The second-order valence-electron chi connectivity index (χ2n) is 3.53. The third kappa shape index (κ3) is 4.02. The first-order chi connectivity index (χ1) is 8.38. The van der Waals surface area contributed by atoms with Crippen molar-refractivity contribution in [2.24, 2.45) is 0 Å². The molecule has 0 bridgehead atoms. The molecule has 0 aliphatic heterocycles. The summed E-state index contributed by atoms with van der Waals surface area (Å²) in [6, 6.07) is 10.4. The van der Waals surface area contributed by atoms with Crippen molar-refractivity contribution in [3.05, 3.63) is 35.3 Å². The van der Waals surface area contributed by atoms with Crippen molar-refractivity contribution in [3.8, 4) is 0 Å². The van der Waals surface area contributed by atoms with Gasteiger partial charge in [0.1, 0.15) is 5.01 Å². The molecule has 2 rings (SSSR count). The Morgan fingerprint density at radius 3 is 2.82 bits per heavy atom. The number of nitrogens with zero attached hydrogens (tertiary/aromatic N) is 2. The Bertz CT molecular complexity index is 442. The number of rotatable bonds is 6. The molecular formula is C12H15N3S2. The van der Waals surface area contributed by atoms with Gasteiger partial charge < -0.3 is 5.32 Å². The highest BCUT2D eigenvalue weighted by atomic mass is 32.2. The maximum absolute atomic E-state index is 4.17. The van der Waals surface area contributed by atoms with Crippen LogP contribution in [0.1, 0.15) is 18.4 Å². The van der Waals surface area contributed by atoms with Crippen molar-refractivity contribution < 1.29 is 0 Å². The standard InChI is InChI=1S/C12H15N3S2/c1-2-8-13-12-15-14-11(17-12)9-16-10-6-4-3-5-7-10/h3-7H,2,8-9H2,1H3,(H,13,15). The van der Waals surface area contributed by atoms with Crippen LogP contribution in [0.4, 0.5) is 5.13 Å². The molecule has 5 heteroatoms. The van der Waals surface area contributed by atoms with Crippen LogP contribution < -0.4 is 5.32 Å². The molecule has 90 valence electrons. The van der Waals surface area contributed by atoms with Gasteiger partial charge >= 0.3 is 0 Å². The zero-order valence-electron chi connectivity index (χ0n) is 9.72. The molecule has 0 saturated heterocycles. The van der Waals surface area contributed by atoms with E-state index in [-0.39, 0.29) is 0 Å². The molecular weight excluding hydrogens is 250 g/mol. The van der Waals surface area contributed by atoms with Gasteiger partial charge in [0.2, 0.25) is 5.13 Å². The van der Waals surface area contributed by atoms with Gasteiger partial charge in [-0.15, -0.1) is 22.0 Å². The van der Waals surface area contributed by atoms with Crippen molar-refractivity contribution in [3.63, 3.8) is 0 Å². The lowest BCUT2D eigenvalue weighted by atomic mass is 10.4. The minimum atomic E-state index is 0.884. The summed E-state index contributed by atoms with van der Waals surface area (Å²) in [7, 11) is 0. The predicted molar refractivity (Wildman–Crippen MR) is 74.7 cm³/mol. The van der Waals surface area contributed by atoms with Crippen LogP contribution in [0.25, 0.3) is 0 Å². The fourth-order valence-electron chi connectivity index (χ4n) is 1.28. The largest absolute Gasteiger partial charge is 0.360 e. The number of benzene rings is 1. The summed E-state index contributed by atoms with van der Waals surface area (Å²) < 4.78 is 0. The molecule has 3 nitrogen and oxygen atoms in total. The third-order valence-corrected chi connectivity index (χ3v) is 4.19. The maximum Gasteiger partial charge on any atom is 0.205 e. The Kier molecular flexibility index (Phi) is 4.82. The molecule has 0 aliphatic rings. The zero-order chi connectivity index (χ0) is 11.9. The molecule has 0 unspecified atom stereocenters. The number of aromatic nitrogens is 2. The molecule has 0 atom stereocenters. The van der Waals surface area contributed by atoms with Crippen LogP contribution in [0.5, 0.6) is 0 Å². The average molecular weight is 265 g/mol. The summed E-state index contributed by atoms with van der Waals surface area (Å²) in [5.74, 6) is 0.884. The molecule has 0 radical (unpaired) electrons. The molecule has 1 aromatic carbocycles. The van der Waals surface area contributed by atoms with E-state index < -0.39 is 0 Å². The summed E-state index contributed by atoms with van der Waals surface area (Å²) in [5.41, 5.74) is 0. The Hall–Kier alpha value is -1.07. The van der Waals surface area contributed by atoms with Crippen molar-refractivity contribution in [1.82, 2.24) is 10.2 Å². The van der Waals surface area contributed by atoms with Gasteiger partial charge in [0.25, 0.3) is 0 Å². The normalized spacial score (nSPS) is 10.4. The topological polar surface area (TPSA) is 37.8 Å². The zero-order valence-corrected chi connectivity index (χ0v) is 11.4. The Morgan fingerprint density at radius 1 is 1.24 bits per heavy atom. The molecule has 1 heterocycles. The van der Waals surface area contributed by atoms with E-state index in [9.17, 15) is 0 Å². The van der Waals surface area contributed by atoms with Crippen LogP contribution in [0.3, 0.4) is 0 Å². The van der Waals surface area contributed by atoms with Crippen LogP contribution >= 0.6 is 23.1 Å². The van der Waals surface area contributed by atoms with Crippen LogP contribution in [-0.4, -0.2) is 16.7 Å². The van der Waals surface area contributed by atoms with Gasteiger partial charge in [0, 0.05) is 11.4 Å². The van der Waals surface area contributed by atoms with Gasteiger partial charge in [-0.25, -0.2) is 0 Å². The van der Waals surface area contributed by atoms with Crippen molar-refractivity contribution in [1.29, 1.82) is 0 Å². The van der Waals surface area contributed by atoms with Crippen LogP contribution in [0, 0.1) is 0 Å². The van der Waals surface area contributed by atoms with Crippen molar-refractivity contribution >= 4 is 28.2 Å². The first kappa shape index (κ1) is 12.4. The number of anilines is 1. The smallest absolute Gasteiger partial charge is 0.205 e. The van der Waals surface area contributed by atoms with Crippen molar-refractivity contribution in [2.45, 2.75) is 24.0 Å². The van der Waals surface area contributed by atoms with Gasteiger partial charge in [-0.1, -0.05) is 36.5 Å². The highest BCUT2D eigenvalue weighted by Gasteiger charge is 2.03. The minimum Gasteiger partial charge on any atom is -0.360 e. The molecule has 0 saturated carbocycles. The summed E-state index contributed by atoms with van der Waals surface area (Å²) in [5, 5.41) is 13.5. The monoisotopic (exact) mass is 265 g/mol. The molecule has 0 amide bonds. The maximum atomic E-state index is 4.17. The van der Waals surface area contributed by atoms with Gasteiger partial charge in [-0.3, -0.25) is 0 Å². The second-order valence-corrected chi connectivity index (χ2v) is 5.64. The lowest BCUT2D eigenvalue weighted by Crippen LogP contribution is -1.98. The molecule has 2 aromatic rings. The van der Waals surface area contributed by atoms with Gasteiger partial charge in [-0.2, -0.15) is 0 Å². The van der Waals surface area contributed by atoms with Gasteiger partial charge in [0.15, 0.2) is 0 Å². The number of nitrogens with one attached hydrogen (secondary N) is 1. The Morgan fingerprint density at radius 2 is 2.06 bits per heavy atom. The summed E-state index contributed by atoms with van der Waals surface area (Å²) >= 11 is 3.43. The van der Waals surface area contributed by atoms with E-state index in [1.165, 1.54) is 4.90 Å². The number of hydrogen-bond acceptors (Lipinski definition) is 5. The second kappa shape index (κ2) is 6.61. The Labute approximate surface area is 110 Å². The summed E-state index contributed by atoms with van der Waals surface area (Å²) in [6.45, 7) is 3.10. The highest BCUT2D eigenvalue weighted by Crippen LogP contribution is 2.25. The van der Waals surface area contributed by atoms with E-state index in [0.717, 1.165) is 28.9 Å². The summed E-state index contributed by atoms with van der Waals surface area (Å²) in [6.07, 6.45) is 1.10. The third-order valence-electron chi connectivity index (χ3n) is 2.10. The van der Waals surface area contributed by atoms with E-state index in [1.54, 1.807) is 23.1 Å². The SMILES string of the molecule is CCCNc1nnc(CSc2ccccc2)s1. The molecule has 0 spiro atoms. The molecule has 1 aromatic heterocycles. The van der Waals surface area contributed by atoms with Crippen molar-refractivity contribution in [2.75, 3.05) is 11.9 Å². The van der Waals surface area contributed by atoms with E-state index in [2.05, 4.69) is 46.7 Å². The number of hydrogen-bond donors (Lipinski definition) is 1. The van der Waals surface area contributed by atoms with E-state index in [4.69, 9.17) is 0 Å². The van der Waals surface area contributed by atoms with Crippen LogP contribution in [0.15, 0.2) is 35.2 Å². The van der Waals surface area contributed by atoms with E-state index in [1.807, 2.05) is 6.07 Å². The molecule has 0 fully saturated rings. The first-order valence-corrected chi connectivity index (χ1v) is 7.43. The lowest BCUT2D eigenvalue weighted by molar-refractivity contribution is 0.958. The quantitative estimate of drug-likeness (QED) is 0.809. The Balaban J connectivity index is 1.85. The number of thioether (sulfide) groups is 1. The minimum absolute atomic E-state index is 0.884. The van der Waals surface area contributed by atoms with E-state index >= 15 is 0 Å². The van der Waals surface area contributed by atoms with Gasteiger partial charge in [0.05, 0.1) is 5.75 Å².